The first-order chi connectivity index (χ1) is 19.4. The van der Waals surface area contributed by atoms with Gasteiger partial charge in [-0.1, -0.05) is 72.8 Å². The molecule has 9 heteroatoms. The van der Waals surface area contributed by atoms with Gasteiger partial charge in [-0.2, -0.15) is 0 Å². The summed E-state index contributed by atoms with van der Waals surface area (Å²) in [6, 6.07) is 26.9. The Morgan fingerprint density at radius 3 is 2.00 bits per heavy atom. The molecule has 40 heavy (non-hydrogen) atoms. The van der Waals surface area contributed by atoms with E-state index in [4.69, 9.17) is 14.2 Å². The van der Waals surface area contributed by atoms with Crippen LogP contribution in [-0.2, 0) is 15.1 Å². The highest BCUT2D eigenvalue weighted by Gasteiger charge is 2.54. The molecule has 0 saturated carbocycles. The largest absolute Gasteiger partial charge is 0.497 e. The van der Waals surface area contributed by atoms with E-state index in [-0.39, 0.29) is 6.42 Å². The number of H-pyrrole nitrogens is 1. The molecule has 3 N–H and O–H groups in total. The molecular weight excluding hydrogens is 512 g/mol. The van der Waals surface area contributed by atoms with Crippen LogP contribution >= 0.6 is 0 Å². The maximum Gasteiger partial charge on any atom is 0.330 e. The number of hydrogen-bond acceptors (Lipinski definition) is 7. The van der Waals surface area contributed by atoms with Crippen LogP contribution in [0.2, 0.25) is 0 Å². The quantitative estimate of drug-likeness (QED) is 0.277. The van der Waals surface area contributed by atoms with Crippen LogP contribution in [0.15, 0.2) is 101 Å². The minimum Gasteiger partial charge on any atom is -0.497 e. The molecule has 4 aromatic rings. The summed E-state index contributed by atoms with van der Waals surface area (Å²) in [7, 11) is 1.60. The standard InChI is InChI=1S/C31H32N2O7/c1-21-18-33(29(37)32-28(21)36)27-17-26(30(19-34,20-35)40-27)39-31(22-9-5-3-6-10-22,23-11-7-4-8-12-23)24-13-15-25(38-2)16-14-24/h3-16,18,26-27,34-35H,17,19-20H2,1-2H3,(H,32,36,37)/t26-,27+/m0/s1. The van der Waals surface area contributed by atoms with Crippen molar-refractivity contribution < 1.29 is 24.4 Å². The highest BCUT2D eigenvalue weighted by atomic mass is 16.6. The molecule has 0 spiro atoms. The third kappa shape index (κ3) is 4.77. The lowest BCUT2D eigenvalue weighted by Crippen LogP contribution is -2.51. The van der Waals surface area contributed by atoms with Crippen molar-refractivity contribution in [2.75, 3.05) is 20.3 Å². The Balaban J connectivity index is 1.69. The van der Waals surface area contributed by atoms with Gasteiger partial charge in [-0.25, -0.2) is 4.79 Å². The van der Waals surface area contributed by atoms with Gasteiger partial charge in [0.25, 0.3) is 5.56 Å². The van der Waals surface area contributed by atoms with Crippen molar-refractivity contribution in [2.45, 2.75) is 36.9 Å². The van der Waals surface area contributed by atoms with Gasteiger partial charge in [-0.3, -0.25) is 14.3 Å². The van der Waals surface area contributed by atoms with E-state index in [1.54, 1.807) is 14.0 Å². The average Bonchev–Trinajstić information content (AvgIpc) is 3.37. The van der Waals surface area contributed by atoms with Crippen molar-refractivity contribution >= 4 is 0 Å². The molecule has 1 aliphatic heterocycles. The summed E-state index contributed by atoms with van der Waals surface area (Å²) in [6.07, 6.45) is -0.259. The number of aromatic nitrogens is 2. The first kappa shape index (κ1) is 27.5. The predicted octanol–water partition coefficient (Wildman–Crippen LogP) is 2.87. The van der Waals surface area contributed by atoms with Crippen LogP contribution in [0.25, 0.3) is 0 Å². The fourth-order valence-electron chi connectivity index (χ4n) is 5.34. The molecule has 1 fully saturated rings. The predicted molar refractivity (Wildman–Crippen MR) is 148 cm³/mol. The van der Waals surface area contributed by atoms with E-state index in [0.717, 1.165) is 16.7 Å². The molecule has 1 saturated heterocycles. The van der Waals surface area contributed by atoms with Crippen molar-refractivity contribution in [1.29, 1.82) is 0 Å². The molecule has 2 atom stereocenters. The van der Waals surface area contributed by atoms with E-state index >= 15 is 0 Å². The molecule has 2 heterocycles. The average molecular weight is 545 g/mol. The highest BCUT2D eigenvalue weighted by Crippen LogP contribution is 2.47. The Morgan fingerprint density at radius 1 is 0.925 bits per heavy atom. The number of methoxy groups -OCH3 is 1. The lowest BCUT2D eigenvalue weighted by atomic mass is 9.79. The smallest absolute Gasteiger partial charge is 0.330 e. The second-order valence-electron chi connectivity index (χ2n) is 9.92. The van der Waals surface area contributed by atoms with Gasteiger partial charge >= 0.3 is 5.69 Å². The maximum atomic E-state index is 12.7. The van der Waals surface area contributed by atoms with E-state index < -0.39 is 48.0 Å². The molecule has 5 rings (SSSR count). The lowest BCUT2D eigenvalue weighted by molar-refractivity contribution is -0.180. The van der Waals surface area contributed by atoms with E-state index in [9.17, 15) is 19.8 Å². The van der Waals surface area contributed by atoms with Crippen LogP contribution in [0, 0.1) is 6.92 Å². The Kier molecular flexibility index (Phi) is 7.73. The van der Waals surface area contributed by atoms with Crippen LogP contribution in [0.3, 0.4) is 0 Å². The molecule has 0 amide bonds. The van der Waals surface area contributed by atoms with Gasteiger partial charge in [0.1, 0.15) is 23.2 Å². The molecule has 9 nitrogen and oxygen atoms in total. The van der Waals surface area contributed by atoms with Crippen LogP contribution in [0.5, 0.6) is 5.75 Å². The van der Waals surface area contributed by atoms with Crippen LogP contribution in [0.4, 0.5) is 0 Å². The topological polar surface area (TPSA) is 123 Å². The zero-order chi connectivity index (χ0) is 28.3. The van der Waals surface area contributed by atoms with E-state index in [0.29, 0.717) is 11.3 Å². The number of aliphatic hydroxyl groups is 2. The fraction of sp³-hybridized carbons (Fsp3) is 0.290. The van der Waals surface area contributed by atoms with Gasteiger partial charge in [-0.05, 0) is 35.7 Å². The van der Waals surface area contributed by atoms with Crippen LogP contribution in [0.1, 0.15) is 34.9 Å². The molecule has 1 aromatic heterocycles. The molecule has 0 radical (unpaired) electrons. The number of aromatic amines is 1. The van der Waals surface area contributed by atoms with Crippen molar-refractivity contribution in [3.05, 3.63) is 134 Å². The number of nitrogens with zero attached hydrogens (tertiary/aromatic N) is 1. The number of benzene rings is 3. The minimum atomic E-state index is -1.55. The lowest BCUT2D eigenvalue weighted by Gasteiger charge is -2.41. The molecular formula is C31H32N2O7. The third-order valence-corrected chi connectivity index (χ3v) is 7.54. The van der Waals surface area contributed by atoms with Crippen molar-refractivity contribution in [2.24, 2.45) is 0 Å². The van der Waals surface area contributed by atoms with Crippen LogP contribution < -0.4 is 16.0 Å². The Labute approximate surface area is 231 Å². The maximum absolute atomic E-state index is 12.7. The summed E-state index contributed by atoms with van der Waals surface area (Å²) in [6.45, 7) is 0.455. The first-order valence-corrected chi connectivity index (χ1v) is 13.0. The van der Waals surface area contributed by atoms with Crippen molar-refractivity contribution in [3.63, 3.8) is 0 Å². The van der Waals surface area contributed by atoms with Gasteiger partial charge in [-0.15, -0.1) is 0 Å². The SMILES string of the molecule is COc1ccc(C(O[C@H]2C[C@H](n3cc(C)c(=O)[nH]c3=O)OC2(CO)CO)(c2ccccc2)c2ccccc2)cc1. The Bertz CT molecular complexity index is 1510. The van der Waals surface area contributed by atoms with Crippen molar-refractivity contribution in [3.8, 4) is 5.75 Å². The number of hydrogen-bond donors (Lipinski definition) is 3. The molecule has 0 aliphatic carbocycles. The van der Waals surface area contributed by atoms with Crippen LogP contribution in [-0.4, -0.2) is 51.8 Å². The number of aliphatic hydroxyl groups excluding tert-OH is 2. The monoisotopic (exact) mass is 544 g/mol. The fourth-order valence-corrected chi connectivity index (χ4v) is 5.34. The third-order valence-electron chi connectivity index (χ3n) is 7.54. The second-order valence-corrected chi connectivity index (χ2v) is 9.92. The highest BCUT2D eigenvalue weighted by molar-refractivity contribution is 5.49. The molecule has 1 aliphatic rings. The summed E-state index contributed by atoms with van der Waals surface area (Å²) in [5, 5.41) is 21.1. The van der Waals surface area contributed by atoms with Gasteiger partial charge in [0, 0.05) is 18.2 Å². The van der Waals surface area contributed by atoms with Gasteiger partial charge < -0.3 is 24.4 Å². The number of nitrogens with one attached hydrogen (secondary N) is 1. The number of ether oxygens (including phenoxy) is 3. The Morgan fingerprint density at radius 2 is 1.48 bits per heavy atom. The molecule has 3 aromatic carbocycles. The molecule has 0 unspecified atom stereocenters. The zero-order valence-electron chi connectivity index (χ0n) is 22.3. The number of rotatable bonds is 9. The normalized spacial score (nSPS) is 18.5. The number of aryl methyl sites for hydroxylation is 1. The van der Waals surface area contributed by atoms with Gasteiger partial charge in [0.15, 0.2) is 0 Å². The minimum absolute atomic E-state index is 0.115. The van der Waals surface area contributed by atoms with Crippen molar-refractivity contribution in [1.82, 2.24) is 9.55 Å². The second kappa shape index (κ2) is 11.2. The van der Waals surface area contributed by atoms with E-state index in [2.05, 4.69) is 4.98 Å². The molecule has 208 valence electrons. The summed E-state index contributed by atoms with van der Waals surface area (Å²) < 4.78 is 20.0. The van der Waals surface area contributed by atoms with Gasteiger partial charge in [0.2, 0.25) is 0 Å². The summed E-state index contributed by atoms with van der Waals surface area (Å²) in [4.78, 5) is 27.0. The summed E-state index contributed by atoms with van der Waals surface area (Å²) in [5.41, 5.74) is -1.14. The molecule has 0 bridgehead atoms. The van der Waals surface area contributed by atoms with E-state index in [1.807, 2.05) is 84.9 Å². The van der Waals surface area contributed by atoms with Gasteiger partial charge in [0.05, 0.1) is 26.4 Å². The Hall–Kier alpha value is -4.02. The first-order valence-electron chi connectivity index (χ1n) is 13.0. The van der Waals surface area contributed by atoms with E-state index in [1.165, 1.54) is 10.8 Å². The summed E-state index contributed by atoms with van der Waals surface area (Å²) >= 11 is 0. The zero-order valence-corrected chi connectivity index (χ0v) is 22.3. The summed E-state index contributed by atoms with van der Waals surface area (Å²) in [5.74, 6) is 0.677.